The molecular formula is C32H42FN5O6S. The molecule has 11 nitrogen and oxygen atoms in total. The van der Waals surface area contributed by atoms with Crippen LogP contribution < -0.4 is 20.5 Å². The number of hydroxylamine groups is 2. The SMILES string of the molecule is COc1c(CN2OC(CO)[C@@](C)(O)[C@H]2C(=O)NF)cccc1-c1cc(C(=O)NC(Cc2cccs2)CN(C)C)cc(N(C)C)c1. The number of carbonyl (C=O) groups excluding carboxylic acids is 2. The van der Waals surface area contributed by atoms with Crippen LogP contribution in [0.4, 0.5) is 10.2 Å². The van der Waals surface area contributed by atoms with E-state index in [0.29, 0.717) is 41.0 Å². The van der Waals surface area contributed by atoms with Gasteiger partial charge in [0.25, 0.3) is 11.8 Å². The molecule has 1 aromatic heterocycles. The number of hydrogen-bond acceptors (Lipinski definition) is 10. The molecule has 0 saturated carbocycles. The van der Waals surface area contributed by atoms with Gasteiger partial charge in [0, 0.05) is 60.4 Å². The van der Waals surface area contributed by atoms with E-state index >= 15 is 0 Å². The van der Waals surface area contributed by atoms with Gasteiger partial charge in [-0.15, -0.1) is 15.8 Å². The van der Waals surface area contributed by atoms with Crippen LogP contribution in [0.25, 0.3) is 11.1 Å². The molecule has 4 N–H and O–H groups in total. The highest BCUT2D eigenvalue weighted by Gasteiger charge is 2.55. The molecule has 1 fully saturated rings. The van der Waals surface area contributed by atoms with E-state index in [1.807, 2.05) is 67.6 Å². The smallest absolute Gasteiger partial charge is 0.270 e. The normalized spacial score (nSPS) is 20.7. The second-order valence-electron chi connectivity index (χ2n) is 11.8. The molecule has 1 aliphatic rings. The summed E-state index contributed by atoms with van der Waals surface area (Å²) in [5, 5.41) is 27.1. The van der Waals surface area contributed by atoms with E-state index in [-0.39, 0.29) is 18.5 Å². The van der Waals surface area contributed by atoms with Crippen LogP contribution in [0.15, 0.2) is 53.9 Å². The van der Waals surface area contributed by atoms with Crippen LogP contribution in [0.2, 0.25) is 0 Å². The van der Waals surface area contributed by atoms with E-state index in [9.17, 15) is 24.3 Å². The van der Waals surface area contributed by atoms with Gasteiger partial charge in [0.15, 0.2) is 0 Å². The van der Waals surface area contributed by atoms with Crippen LogP contribution in [0.1, 0.15) is 27.7 Å². The summed E-state index contributed by atoms with van der Waals surface area (Å²) < 4.78 is 19.1. The fourth-order valence-corrected chi connectivity index (χ4v) is 6.42. The molecule has 0 radical (unpaired) electrons. The highest BCUT2D eigenvalue weighted by atomic mass is 32.1. The van der Waals surface area contributed by atoms with Crippen molar-refractivity contribution in [1.82, 2.24) is 20.8 Å². The van der Waals surface area contributed by atoms with E-state index in [2.05, 4.69) is 11.4 Å². The number of carbonyl (C=O) groups is 2. The largest absolute Gasteiger partial charge is 0.496 e. The lowest BCUT2D eigenvalue weighted by atomic mass is 9.91. The van der Waals surface area contributed by atoms with Crippen molar-refractivity contribution >= 4 is 28.8 Å². The number of aliphatic hydroxyl groups excluding tert-OH is 1. The Morgan fingerprint density at radius 2 is 1.93 bits per heavy atom. The molecule has 244 valence electrons. The maximum absolute atomic E-state index is 13.7. The summed E-state index contributed by atoms with van der Waals surface area (Å²) in [5.41, 5.74) is 2.45. The predicted octanol–water partition coefficient (Wildman–Crippen LogP) is 2.62. The van der Waals surface area contributed by atoms with Crippen LogP contribution in [-0.4, -0.2) is 104 Å². The first-order valence-corrected chi connectivity index (χ1v) is 15.4. The number of aliphatic hydroxyl groups is 2. The highest BCUT2D eigenvalue weighted by Crippen LogP contribution is 2.39. The number of thiophene rings is 1. The van der Waals surface area contributed by atoms with Crippen molar-refractivity contribution in [2.24, 2.45) is 0 Å². The Bertz CT molecular complexity index is 1470. The minimum absolute atomic E-state index is 0.0720. The number of rotatable bonds is 13. The minimum Gasteiger partial charge on any atom is -0.496 e. The van der Waals surface area contributed by atoms with Crippen LogP contribution in [0.5, 0.6) is 5.75 Å². The quantitative estimate of drug-likeness (QED) is 0.208. The van der Waals surface area contributed by atoms with Gasteiger partial charge in [-0.3, -0.25) is 14.4 Å². The van der Waals surface area contributed by atoms with Crippen LogP contribution in [-0.2, 0) is 22.6 Å². The van der Waals surface area contributed by atoms with Gasteiger partial charge in [-0.1, -0.05) is 24.3 Å². The number of para-hydroxylation sites is 1. The number of hydrogen-bond donors (Lipinski definition) is 4. The van der Waals surface area contributed by atoms with Crippen molar-refractivity contribution in [3.05, 3.63) is 69.9 Å². The molecule has 4 rings (SSSR count). The van der Waals surface area contributed by atoms with Crippen molar-refractivity contribution in [2.45, 2.75) is 43.7 Å². The zero-order chi connectivity index (χ0) is 32.9. The number of nitrogens with one attached hydrogen (secondary N) is 2. The Balaban J connectivity index is 1.69. The Kier molecular flexibility index (Phi) is 11.2. The molecule has 2 aromatic carbocycles. The van der Waals surface area contributed by atoms with Crippen molar-refractivity contribution in [1.29, 1.82) is 0 Å². The molecule has 3 aromatic rings. The molecule has 45 heavy (non-hydrogen) atoms. The molecule has 2 amide bonds. The molecule has 4 atom stereocenters. The summed E-state index contributed by atoms with van der Waals surface area (Å²) in [6.45, 7) is 1.33. The van der Waals surface area contributed by atoms with Gasteiger partial charge in [-0.05, 0) is 56.2 Å². The average molecular weight is 644 g/mol. The topological polar surface area (TPSA) is 127 Å². The summed E-state index contributed by atoms with van der Waals surface area (Å²) in [6, 6.07) is 13.5. The number of likely N-dealkylation sites (N-methyl/N-ethyl adjacent to an activating group) is 1. The molecule has 2 heterocycles. The average Bonchev–Trinajstić information content (AvgIpc) is 3.60. The molecule has 13 heteroatoms. The number of nitrogens with zero attached hydrogens (tertiary/aromatic N) is 3. The van der Waals surface area contributed by atoms with E-state index < -0.39 is 30.3 Å². The number of halogens is 1. The Morgan fingerprint density at radius 3 is 2.53 bits per heavy atom. The minimum atomic E-state index is -1.87. The van der Waals surface area contributed by atoms with Gasteiger partial charge >= 0.3 is 0 Å². The lowest BCUT2D eigenvalue weighted by molar-refractivity contribution is -0.184. The molecule has 0 spiro atoms. The van der Waals surface area contributed by atoms with Crippen molar-refractivity contribution in [2.75, 3.05) is 53.4 Å². The second kappa shape index (κ2) is 14.7. The number of methoxy groups -OCH3 is 1. The molecule has 2 unspecified atom stereocenters. The monoisotopic (exact) mass is 643 g/mol. The van der Waals surface area contributed by atoms with E-state index in [1.165, 1.54) is 18.9 Å². The number of anilines is 1. The Morgan fingerprint density at radius 1 is 1.18 bits per heavy atom. The van der Waals surface area contributed by atoms with Gasteiger partial charge < -0.3 is 30.1 Å². The lowest BCUT2D eigenvalue weighted by Gasteiger charge is -2.28. The highest BCUT2D eigenvalue weighted by molar-refractivity contribution is 7.09. The first-order valence-electron chi connectivity index (χ1n) is 14.5. The standard InChI is InChI=1S/C32H42FN5O6S/c1-32(42)27(19-39)44-38(29(32)31(41)35-33)17-20-9-7-11-26(28(20)43-6)21-13-22(15-24(14-21)37(4)5)30(40)34-23(18-36(2)3)16-25-10-8-12-45-25/h7-15,23,27,29,39,42H,16-19H2,1-6H3,(H,34,40)(H,35,41)/t23?,27?,29-,32-/m1/s1. The predicted molar refractivity (Wildman–Crippen MR) is 172 cm³/mol. The van der Waals surface area contributed by atoms with Crippen molar-refractivity contribution < 1.29 is 33.9 Å². The van der Waals surface area contributed by atoms with Crippen molar-refractivity contribution in [3.8, 4) is 16.9 Å². The van der Waals surface area contributed by atoms with Gasteiger partial charge in [0.2, 0.25) is 0 Å². The zero-order valence-electron chi connectivity index (χ0n) is 26.4. The van der Waals surface area contributed by atoms with E-state index in [0.717, 1.165) is 16.3 Å². The maximum Gasteiger partial charge on any atom is 0.270 e. The molecule has 0 bridgehead atoms. The summed E-state index contributed by atoms with van der Waals surface area (Å²) in [5.74, 6) is -0.869. The summed E-state index contributed by atoms with van der Waals surface area (Å²) >= 11 is 1.66. The van der Waals surface area contributed by atoms with Crippen LogP contribution in [0, 0.1) is 0 Å². The van der Waals surface area contributed by atoms with E-state index in [4.69, 9.17) is 9.57 Å². The first-order chi connectivity index (χ1) is 21.4. The first kappa shape index (κ1) is 34.3. The number of amides is 2. The molecule has 1 saturated heterocycles. The van der Waals surface area contributed by atoms with Crippen LogP contribution >= 0.6 is 11.3 Å². The number of benzene rings is 2. The third kappa shape index (κ3) is 7.80. The zero-order valence-corrected chi connectivity index (χ0v) is 27.2. The summed E-state index contributed by atoms with van der Waals surface area (Å²) in [7, 11) is 9.24. The molecule has 0 aliphatic carbocycles. The molecular weight excluding hydrogens is 601 g/mol. The fraction of sp³-hybridized carbons (Fsp3) is 0.438. The summed E-state index contributed by atoms with van der Waals surface area (Å²) in [6.07, 6.45) is -0.440. The second-order valence-corrected chi connectivity index (χ2v) is 12.8. The fourth-order valence-electron chi connectivity index (χ4n) is 5.64. The van der Waals surface area contributed by atoms with Gasteiger partial charge in [-0.25, -0.2) is 0 Å². The number of ether oxygens (including phenoxy) is 1. The van der Waals surface area contributed by atoms with Gasteiger partial charge in [0.1, 0.15) is 23.5 Å². The Hall–Kier alpha value is -3.59. The third-order valence-electron chi connectivity index (χ3n) is 7.85. The van der Waals surface area contributed by atoms with Gasteiger partial charge in [0.05, 0.1) is 20.3 Å². The third-order valence-corrected chi connectivity index (χ3v) is 8.74. The van der Waals surface area contributed by atoms with Crippen LogP contribution in [0.3, 0.4) is 0 Å². The summed E-state index contributed by atoms with van der Waals surface area (Å²) in [4.78, 5) is 37.0. The Labute approximate surface area is 267 Å². The van der Waals surface area contributed by atoms with E-state index in [1.54, 1.807) is 29.5 Å². The van der Waals surface area contributed by atoms with Crippen molar-refractivity contribution in [3.63, 3.8) is 0 Å². The van der Waals surface area contributed by atoms with Gasteiger partial charge in [-0.2, -0.15) is 10.6 Å². The maximum atomic E-state index is 13.7. The molecule has 1 aliphatic heterocycles. The lowest BCUT2D eigenvalue weighted by Crippen LogP contribution is -2.54.